The minimum atomic E-state index is -0.342. The Balaban J connectivity index is 1.53. The van der Waals surface area contributed by atoms with E-state index in [-0.39, 0.29) is 24.2 Å². The number of carbonyl (C=O) groups excluding carboxylic acids is 2. The summed E-state index contributed by atoms with van der Waals surface area (Å²) < 4.78 is 0. The number of rotatable bonds is 5. The van der Waals surface area contributed by atoms with Gasteiger partial charge >= 0.3 is 0 Å². The maximum absolute atomic E-state index is 12.3. The number of aromatic nitrogens is 1. The molecule has 0 aliphatic carbocycles. The highest BCUT2D eigenvalue weighted by Crippen LogP contribution is 2.20. The summed E-state index contributed by atoms with van der Waals surface area (Å²) in [6, 6.07) is 13.3. The third-order valence-electron chi connectivity index (χ3n) is 4.08. The lowest BCUT2D eigenvalue weighted by Crippen LogP contribution is -2.30. The summed E-state index contributed by atoms with van der Waals surface area (Å²) in [5, 5.41) is 3.25. The van der Waals surface area contributed by atoms with Crippen molar-refractivity contribution in [2.24, 2.45) is 5.92 Å². The molecule has 2 amide bonds. The summed E-state index contributed by atoms with van der Waals surface area (Å²) in [7, 11) is 0. The van der Waals surface area contributed by atoms with Crippen LogP contribution in [0.4, 0.5) is 5.82 Å². The van der Waals surface area contributed by atoms with E-state index in [2.05, 4.69) is 10.3 Å². The van der Waals surface area contributed by atoms with E-state index in [1.807, 2.05) is 30.3 Å². The van der Waals surface area contributed by atoms with Crippen molar-refractivity contribution in [3.63, 3.8) is 0 Å². The maximum atomic E-state index is 12.3. The molecule has 24 heavy (non-hydrogen) atoms. The Morgan fingerprint density at radius 3 is 2.75 bits per heavy atom. The predicted octanol–water partition coefficient (Wildman–Crippen LogP) is 2.76. The molecule has 0 saturated carbocycles. The van der Waals surface area contributed by atoms with Crippen LogP contribution < -0.4 is 5.32 Å². The molecule has 1 N–H and O–H groups in total. The van der Waals surface area contributed by atoms with Crippen LogP contribution in [0.15, 0.2) is 48.7 Å². The molecule has 1 saturated heterocycles. The highest BCUT2D eigenvalue weighted by atomic mass is 35.5. The number of amides is 2. The van der Waals surface area contributed by atoms with Gasteiger partial charge in [0.25, 0.3) is 0 Å². The van der Waals surface area contributed by atoms with Crippen LogP contribution in [-0.4, -0.2) is 34.8 Å². The number of halogens is 1. The number of hydrogen-bond acceptors (Lipinski definition) is 3. The number of carbonyl (C=O) groups is 2. The Morgan fingerprint density at radius 1 is 1.25 bits per heavy atom. The quantitative estimate of drug-likeness (QED) is 0.908. The molecule has 2 aromatic rings. The van der Waals surface area contributed by atoms with Crippen LogP contribution in [0.5, 0.6) is 0 Å². The summed E-state index contributed by atoms with van der Waals surface area (Å²) in [6.45, 7) is 1.08. The van der Waals surface area contributed by atoms with Gasteiger partial charge in [-0.1, -0.05) is 41.9 Å². The molecule has 124 valence electrons. The number of anilines is 1. The van der Waals surface area contributed by atoms with Gasteiger partial charge in [0.05, 0.1) is 10.9 Å². The number of likely N-dealkylation sites (tertiary alicyclic amines) is 1. The van der Waals surface area contributed by atoms with Crippen molar-refractivity contribution in [2.45, 2.75) is 12.8 Å². The topological polar surface area (TPSA) is 62.3 Å². The molecule has 1 fully saturated rings. The number of benzene rings is 1. The molecule has 0 bridgehead atoms. The summed E-state index contributed by atoms with van der Waals surface area (Å²) in [4.78, 5) is 30.2. The first-order chi connectivity index (χ1) is 11.6. The normalized spacial score (nSPS) is 17.1. The smallest absolute Gasteiger partial charge is 0.230 e. The first-order valence-corrected chi connectivity index (χ1v) is 8.24. The van der Waals surface area contributed by atoms with Gasteiger partial charge in [-0.3, -0.25) is 9.59 Å². The van der Waals surface area contributed by atoms with Crippen LogP contribution >= 0.6 is 11.6 Å². The van der Waals surface area contributed by atoms with E-state index in [0.717, 1.165) is 6.42 Å². The lowest BCUT2D eigenvalue weighted by molar-refractivity contribution is -0.128. The third kappa shape index (κ3) is 4.11. The van der Waals surface area contributed by atoms with E-state index < -0.39 is 0 Å². The Hall–Kier alpha value is -2.40. The zero-order valence-electron chi connectivity index (χ0n) is 13.1. The lowest BCUT2D eigenvalue weighted by atomic mass is 10.1. The fourth-order valence-electron chi connectivity index (χ4n) is 2.75. The van der Waals surface area contributed by atoms with Crippen molar-refractivity contribution in [2.75, 3.05) is 18.4 Å². The van der Waals surface area contributed by atoms with Crippen molar-refractivity contribution in [3.8, 4) is 0 Å². The summed E-state index contributed by atoms with van der Waals surface area (Å²) >= 11 is 5.77. The van der Waals surface area contributed by atoms with E-state index in [1.165, 1.54) is 11.8 Å². The van der Waals surface area contributed by atoms with E-state index in [9.17, 15) is 9.59 Å². The molecule has 1 aromatic carbocycles. The molecular weight excluding hydrogens is 326 g/mol. The summed E-state index contributed by atoms with van der Waals surface area (Å²) in [6.07, 6.45) is 2.51. The van der Waals surface area contributed by atoms with Crippen LogP contribution in [0.2, 0.25) is 5.02 Å². The molecule has 1 aliphatic heterocycles. The maximum Gasteiger partial charge on any atom is 0.230 e. The molecule has 0 radical (unpaired) electrons. The van der Waals surface area contributed by atoms with E-state index in [0.29, 0.717) is 23.9 Å². The predicted molar refractivity (Wildman–Crippen MR) is 92.7 cm³/mol. The lowest BCUT2D eigenvalue weighted by Gasteiger charge is -2.16. The van der Waals surface area contributed by atoms with Gasteiger partial charge in [-0.25, -0.2) is 4.98 Å². The molecule has 1 aromatic heterocycles. The minimum Gasteiger partial charge on any atom is -0.342 e. The Morgan fingerprint density at radius 2 is 2.04 bits per heavy atom. The summed E-state index contributed by atoms with van der Waals surface area (Å²) in [5.41, 5.74) is 1.18. The third-order valence-corrected chi connectivity index (χ3v) is 4.30. The zero-order valence-corrected chi connectivity index (χ0v) is 13.9. The van der Waals surface area contributed by atoms with Crippen molar-refractivity contribution in [1.29, 1.82) is 0 Å². The monoisotopic (exact) mass is 343 g/mol. The molecule has 1 atom stereocenters. The van der Waals surface area contributed by atoms with Gasteiger partial charge in [0, 0.05) is 25.7 Å². The second-order valence-corrected chi connectivity index (χ2v) is 6.26. The number of nitrogens with one attached hydrogen (secondary N) is 1. The van der Waals surface area contributed by atoms with Gasteiger partial charge in [0.2, 0.25) is 11.8 Å². The largest absolute Gasteiger partial charge is 0.342 e. The number of hydrogen-bond donors (Lipinski definition) is 1. The number of pyridine rings is 1. The Kier molecular flexibility index (Phi) is 5.11. The van der Waals surface area contributed by atoms with E-state index >= 15 is 0 Å². The molecule has 1 aliphatic rings. The van der Waals surface area contributed by atoms with Gasteiger partial charge < -0.3 is 10.2 Å². The fraction of sp³-hybridized carbons (Fsp3) is 0.278. The minimum absolute atomic E-state index is 0.0233. The van der Waals surface area contributed by atoms with Gasteiger partial charge in [-0.05, 0) is 24.1 Å². The van der Waals surface area contributed by atoms with Crippen molar-refractivity contribution in [3.05, 3.63) is 59.2 Å². The molecule has 6 heteroatoms. The Bertz CT molecular complexity index is 719. The van der Waals surface area contributed by atoms with Crippen LogP contribution in [0, 0.1) is 5.92 Å². The molecule has 2 heterocycles. The van der Waals surface area contributed by atoms with Crippen LogP contribution in [0.25, 0.3) is 0 Å². The first kappa shape index (κ1) is 16.5. The Labute approximate surface area is 145 Å². The van der Waals surface area contributed by atoms with Crippen LogP contribution in [0.3, 0.4) is 0 Å². The van der Waals surface area contributed by atoms with Crippen molar-refractivity contribution >= 4 is 29.2 Å². The SMILES string of the molecule is O=C(Nc1ccc(Cl)cn1)C1CC(=O)N(CCc2ccccc2)C1. The average Bonchev–Trinajstić information content (AvgIpc) is 2.97. The van der Waals surface area contributed by atoms with Gasteiger partial charge in [-0.2, -0.15) is 0 Å². The molecular formula is C18H18ClN3O2. The van der Waals surface area contributed by atoms with Crippen molar-refractivity contribution < 1.29 is 9.59 Å². The molecule has 1 unspecified atom stereocenters. The number of nitrogens with zero attached hydrogens (tertiary/aromatic N) is 2. The molecule has 0 spiro atoms. The average molecular weight is 344 g/mol. The highest BCUT2D eigenvalue weighted by molar-refractivity contribution is 6.30. The second-order valence-electron chi connectivity index (χ2n) is 5.83. The fourth-order valence-corrected chi connectivity index (χ4v) is 2.86. The second kappa shape index (κ2) is 7.45. The van der Waals surface area contributed by atoms with Crippen LogP contribution in [-0.2, 0) is 16.0 Å². The first-order valence-electron chi connectivity index (χ1n) is 7.86. The van der Waals surface area contributed by atoms with Crippen molar-refractivity contribution in [1.82, 2.24) is 9.88 Å². The van der Waals surface area contributed by atoms with E-state index in [4.69, 9.17) is 11.6 Å². The highest BCUT2D eigenvalue weighted by Gasteiger charge is 2.34. The van der Waals surface area contributed by atoms with Gasteiger partial charge in [0.1, 0.15) is 5.82 Å². The van der Waals surface area contributed by atoms with Crippen LogP contribution in [0.1, 0.15) is 12.0 Å². The van der Waals surface area contributed by atoms with E-state index in [1.54, 1.807) is 17.0 Å². The molecule has 5 nitrogen and oxygen atoms in total. The van der Waals surface area contributed by atoms with Gasteiger partial charge in [0.15, 0.2) is 0 Å². The standard InChI is InChI=1S/C18H18ClN3O2/c19-15-6-7-16(20-11-15)21-18(24)14-10-17(23)22(12-14)9-8-13-4-2-1-3-5-13/h1-7,11,14H,8-10,12H2,(H,20,21,24). The zero-order chi connectivity index (χ0) is 16.9. The molecule has 3 rings (SSSR count). The summed E-state index contributed by atoms with van der Waals surface area (Å²) in [5.74, 6) is -0.0548. The van der Waals surface area contributed by atoms with Gasteiger partial charge in [-0.15, -0.1) is 0 Å².